The van der Waals surface area contributed by atoms with Crippen molar-refractivity contribution in [1.29, 1.82) is 0 Å². The Morgan fingerprint density at radius 1 is 1.08 bits per heavy atom. The van der Waals surface area contributed by atoms with Gasteiger partial charge in [0.05, 0.1) is 6.61 Å². The Morgan fingerprint density at radius 3 is 2.54 bits per heavy atom. The number of amides is 1. The van der Waals surface area contributed by atoms with Crippen molar-refractivity contribution in [2.45, 2.75) is 32.8 Å². The number of carbonyl (C=O) groups is 1. The molecule has 0 fully saturated rings. The Labute approximate surface area is 143 Å². The Morgan fingerprint density at radius 2 is 1.79 bits per heavy atom. The summed E-state index contributed by atoms with van der Waals surface area (Å²) in [6.45, 7) is 5.00. The molecule has 0 heterocycles. The molecule has 2 rings (SSSR count). The average Bonchev–Trinajstić information content (AvgIpc) is 2.61. The molecule has 2 aromatic rings. The van der Waals surface area contributed by atoms with Gasteiger partial charge in [0.1, 0.15) is 11.5 Å². The molecule has 2 aromatic carbocycles. The molecule has 0 spiro atoms. The fraction of sp³-hybridized carbons (Fsp3) is 0.350. The molecule has 0 aliphatic heterocycles. The number of nitrogens with one attached hydrogen (secondary N) is 1. The molecule has 0 aromatic heterocycles. The molecule has 1 N–H and O–H groups in total. The minimum absolute atomic E-state index is 0.100. The zero-order valence-corrected chi connectivity index (χ0v) is 14.3. The molecular weight excluding hydrogens is 302 g/mol. The highest BCUT2D eigenvalue weighted by molar-refractivity contribution is 5.80. The third kappa shape index (κ3) is 5.61. The van der Waals surface area contributed by atoms with Gasteiger partial charge in [0.2, 0.25) is 0 Å². The standard InChI is InChI=1S/C20H25NO3/c1-3-23-19-14-8-7-10-17(19)11-9-15-21-20(22)16(2)24-18-12-5-4-6-13-18/h4-8,10,12-14,16H,3,9,11,15H2,1-2H3,(H,21,22). The lowest BCUT2D eigenvalue weighted by atomic mass is 10.1. The topological polar surface area (TPSA) is 47.6 Å². The van der Waals surface area contributed by atoms with E-state index in [0.29, 0.717) is 18.9 Å². The van der Waals surface area contributed by atoms with Crippen molar-refractivity contribution in [2.75, 3.05) is 13.2 Å². The van der Waals surface area contributed by atoms with E-state index in [2.05, 4.69) is 11.4 Å². The third-order valence-electron chi connectivity index (χ3n) is 3.62. The molecule has 0 bridgehead atoms. The summed E-state index contributed by atoms with van der Waals surface area (Å²) in [5.41, 5.74) is 1.17. The molecule has 128 valence electrons. The van der Waals surface area contributed by atoms with Gasteiger partial charge in [-0.15, -0.1) is 0 Å². The predicted octanol–water partition coefficient (Wildman–Crippen LogP) is 3.60. The van der Waals surface area contributed by atoms with E-state index in [1.54, 1.807) is 6.92 Å². The van der Waals surface area contributed by atoms with Gasteiger partial charge in [-0.2, -0.15) is 0 Å². The summed E-state index contributed by atoms with van der Waals surface area (Å²) < 4.78 is 11.2. The summed E-state index contributed by atoms with van der Waals surface area (Å²) in [5.74, 6) is 1.52. The second kappa shape index (κ2) is 9.60. The molecule has 0 aliphatic rings. The maximum Gasteiger partial charge on any atom is 0.260 e. The SMILES string of the molecule is CCOc1ccccc1CCCNC(=O)C(C)Oc1ccccc1. The van der Waals surface area contributed by atoms with Crippen molar-refractivity contribution in [3.8, 4) is 11.5 Å². The molecule has 1 amide bonds. The maximum absolute atomic E-state index is 12.1. The molecule has 0 saturated carbocycles. The van der Waals surface area contributed by atoms with Crippen LogP contribution in [0.3, 0.4) is 0 Å². The summed E-state index contributed by atoms with van der Waals surface area (Å²) in [7, 11) is 0. The van der Waals surface area contributed by atoms with Gasteiger partial charge in [0, 0.05) is 6.54 Å². The first-order valence-electron chi connectivity index (χ1n) is 8.41. The summed E-state index contributed by atoms with van der Waals surface area (Å²) in [6.07, 6.45) is 1.21. The van der Waals surface area contributed by atoms with Crippen LogP contribution in [0.5, 0.6) is 11.5 Å². The van der Waals surface area contributed by atoms with E-state index in [9.17, 15) is 4.79 Å². The van der Waals surface area contributed by atoms with Gasteiger partial charge >= 0.3 is 0 Å². The summed E-state index contributed by atoms with van der Waals surface area (Å²) >= 11 is 0. The van der Waals surface area contributed by atoms with E-state index in [-0.39, 0.29) is 5.91 Å². The lowest BCUT2D eigenvalue weighted by Crippen LogP contribution is -2.36. The van der Waals surface area contributed by atoms with Gasteiger partial charge in [-0.3, -0.25) is 4.79 Å². The minimum Gasteiger partial charge on any atom is -0.494 e. The van der Waals surface area contributed by atoms with E-state index in [1.807, 2.05) is 55.5 Å². The zero-order chi connectivity index (χ0) is 17.2. The van der Waals surface area contributed by atoms with Crippen LogP contribution in [0.1, 0.15) is 25.8 Å². The first-order chi connectivity index (χ1) is 11.7. The second-order valence-corrected chi connectivity index (χ2v) is 5.51. The number of carbonyl (C=O) groups excluding carboxylic acids is 1. The Kier molecular flexibility index (Phi) is 7.15. The van der Waals surface area contributed by atoms with Crippen LogP contribution in [-0.2, 0) is 11.2 Å². The fourth-order valence-electron chi connectivity index (χ4n) is 2.40. The molecule has 4 nitrogen and oxygen atoms in total. The summed E-state index contributed by atoms with van der Waals surface area (Å²) in [4.78, 5) is 12.1. The number of rotatable bonds is 9. The molecule has 1 unspecified atom stereocenters. The first-order valence-corrected chi connectivity index (χ1v) is 8.41. The van der Waals surface area contributed by atoms with Crippen molar-refractivity contribution < 1.29 is 14.3 Å². The molecular formula is C20H25NO3. The van der Waals surface area contributed by atoms with Gasteiger partial charge in [-0.05, 0) is 50.5 Å². The number of hydrogen-bond donors (Lipinski definition) is 1. The van der Waals surface area contributed by atoms with Crippen LogP contribution in [-0.4, -0.2) is 25.2 Å². The highest BCUT2D eigenvalue weighted by Gasteiger charge is 2.13. The van der Waals surface area contributed by atoms with E-state index in [0.717, 1.165) is 18.6 Å². The lowest BCUT2D eigenvalue weighted by Gasteiger charge is -2.15. The van der Waals surface area contributed by atoms with Crippen LogP contribution >= 0.6 is 0 Å². The number of benzene rings is 2. The molecule has 0 radical (unpaired) electrons. The summed E-state index contributed by atoms with van der Waals surface area (Å²) in [6, 6.07) is 17.4. The van der Waals surface area contributed by atoms with E-state index < -0.39 is 6.10 Å². The second-order valence-electron chi connectivity index (χ2n) is 5.51. The Hall–Kier alpha value is -2.49. The minimum atomic E-state index is -0.511. The van der Waals surface area contributed by atoms with Crippen molar-refractivity contribution in [3.63, 3.8) is 0 Å². The molecule has 0 saturated heterocycles. The molecule has 1 atom stereocenters. The van der Waals surface area contributed by atoms with Crippen molar-refractivity contribution in [1.82, 2.24) is 5.32 Å². The number of ether oxygens (including phenoxy) is 2. The van der Waals surface area contributed by atoms with Crippen molar-refractivity contribution in [3.05, 3.63) is 60.2 Å². The van der Waals surface area contributed by atoms with Crippen LogP contribution < -0.4 is 14.8 Å². The Balaban J connectivity index is 1.73. The van der Waals surface area contributed by atoms with Crippen molar-refractivity contribution >= 4 is 5.91 Å². The quantitative estimate of drug-likeness (QED) is 0.716. The van der Waals surface area contributed by atoms with Crippen LogP contribution in [0, 0.1) is 0 Å². The largest absolute Gasteiger partial charge is 0.494 e. The number of para-hydroxylation sites is 2. The lowest BCUT2D eigenvalue weighted by molar-refractivity contribution is -0.127. The fourth-order valence-corrected chi connectivity index (χ4v) is 2.40. The van der Waals surface area contributed by atoms with Crippen molar-refractivity contribution in [2.24, 2.45) is 0 Å². The average molecular weight is 327 g/mol. The number of aryl methyl sites for hydroxylation is 1. The smallest absolute Gasteiger partial charge is 0.260 e. The highest BCUT2D eigenvalue weighted by Crippen LogP contribution is 2.19. The van der Waals surface area contributed by atoms with Gasteiger partial charge in [-0.25, -0.2) is 0 Å². The number of hydrogen-bond acceptors (Lipinski definition) is 3. The molecule has 24 heavy (non-hydrogen) atoms. The first kappa shape index (κ1) is 17.9. The van der Waals surface area contributed by atoms with Crippen LogP contribution in [0.15, 0.2) is 54.6 Å². The van der Waals surface area contributed by atoms with Gasteiger partial charge in [0.25, 0.3) is 5.91 Å². The monoisotopic (exact) mass is 327 g/mol. The maximum atomic E-state index is 12.1. The van der Waals surface area contributed by atoms with E-state index in [4.69, 9.17) is 9.47 Å². The summed E-state index contributed by atoms with van der Waals surface area (Å²) in [5, 5.41) is 2.92. The third-order valence-corrected chi connectivity index (χ3v) is 3.62. The predicted molar refractivity (Wildman–Crippen MR) is 95.5 cm³/mol. The van der Waals surface area contributed by atoms with Crippen LogP contribution in [0.2, 0.25) is 0 Å². The van der Waals surface area contributed by atoms with E-state index in [1.165, 1.54) is 5.56 Å². The van der Waals surface area contributed by atoms with Gasteiger partial charge < -0.3 is 14.8 Å². The zero-order valence-electron chi connectivity index (χ0n) is 14.3. The van der Waals surface area contributed by atoms with E-state index >= 15 is 0 Å². The van der Waals surface area contributed by atoms with Crippen LogP contribution in [0.4, 0.5) is 0 Å². The molecule has 0 aliphatic carbocycles. The van der Waals surface area contributed by atoms with Gasteiger partial charge in [-0.1, -0.05) is 36.4 Å². The van der Waals surface area contributed by atoms with Crippen LogP contribution in [0.25, 0.3) is 0 Å². The highest BCUT2D eigenvalue weighted by atomic mass is 16.5. The Bertz CT molecular complexity index is 628. The molecule has 4 heteroatoms. The van der Waals surface area contributed by atoms with Gasteiger partial charge in [0.15, 0.2) is 6.10 Å². The normalized spacial score (nSPS) is 11.6.